The van der Waals surface area contributed by atoms with Gasteiger partial charge in [0, 0.05) is 20.6 Å². The van der Waals surface area contributed by atoms with Crippen LogP contribution in [-0.2, 0) is 10.0 Å². The lowest BCUT2D eigenvalue weighted by atomic mass is 10.2. The lowest BCUT2D eigenvalue weighted by Crippen LogP contribution is -2.28. The minimum atomic E-state index is -3.43. The summed E-state index contributed by atoms with van der Waals surface area (Å²) in [6.45, 7) is -0.139. The summed E-state index contributed by atoms with van der Waals surface area (Å²) in [5.74, 6) is -2.16. The maximum atomic E-state index is 13.5. The second kappa shape index (κ2) is 5.95. The Morgan fingerprint density at radius 2 is 1.84 bits per heavy atom. The molecule has 5 nitrogen and oxygen atoms in total. The second-order valence-electron chi connectivity index (χ2n) is 3.95. The summed E-state index contributed by atoms with van der Waals surface area (Å²) < 4.78 is 50.8. The maximum absolute atomic E-state index is 13.5. The number of halogens is 2. The predicted molar refractivity (Wildman–Crippen MR) is 67.0 cm³/mol. The zero-order valence-corrected chi connectivity index (χ0v) is 11.3. The van der Waals surface area contributed by atoms with E-state index in [1.165, 1.54) is 14.1 Å². The first-order valence-electron chi connectivity index (χ1n) is 5.31. The third kappa shape index (κ3) is 3.87. The van der Waals surface area contributed by atoms with Gasteiger partial charge in [0.25, 0.3) is 0 Å². The molecule has 0 spiro atoms. The van der Waals surface area contributed by atoms with E-state index in [0.717, 1.165) is 16.4 Å². The molecule has 8 heteroatoms. The van der Waals surface area contributed by atoms with Crippen molar-refractivity contribution in [1.82, 2.24) is 4.31 Å². The molecule has 104 valence electrons. The van der Waals surface area contributed by atoms with Crippen molar-refractivity contribution >= 4 is 15.7 Å². The van der Waals surface area contributed by atoms with Crippen molar-refractivity contribution in [3.63, 3.8) is 0 Å². The fraction of sp³-hybridized carbons (Fsp3) is 0.364. The number of nitrogens with zero attached hydrogens (tertiary/aromatic N) is 2. The Morgan fingerprint density at radius 3 is 2.26 bits per heavy atom. The van der Waals surface area contributed by atoms with Gasteiger partial charge in [0.2, 0.25) is 10.0 Å². The van der Waals surface area contributed by atoms with Gasteiger partial charge in [-0.3, -0.25) is 0 Å². The number of nitrogens with one attached hydrogen (secondary N) is 1. The van der Waals surface area contributed by atoms with Crippen LogP contribution in [0.5, 0.6) is 0 Å². The molecule has 1 aromatic rings. The van der Waals surface area contributed by atoms with Crippen LogP contribution in [0.1, 0.15) is 5.56 Å². The normalized spacial score (nSPS) is 11.4. The molecule has 1 rings (SSSR count). The minimum absolute atomic E-state index is 0.138. The monoisotopic (exact) mass is 289 g/mol. The zero-order chi connectivity index (χ0) is 14.6. The summed E-state index contributed by atoms with van der Waals surface area (Å²) in [7, 11) is -0.687. The molecule has 0 aliphatic rings. The third-order valence-electron chi connectivity index (χ3n) is 2.39. The lowest BCUT2D eigenvalue weighted by Gasteiger charge is -2.13. The van der Waals surface area contributed by atoms with Gasteiger partial charge in [0.1, 0.15) is 5.69 Å². The van der Waals surface area contributed by atoms with E-state index < -0.39 is 27.3 Å². The van der Waals surface area contributed by atoms with E-state index in [2.05, 4.69) is 5.32 Å². The summed E-state index contributed by atoms with van der Waals surface area (Å²) in [5.41, 5.74) is -0.575. The number of sulfonamides is 1. The quantitative estimate of drug-likeness (QED) is 0.882. The molecule has 0 unspecified atom stereocenters. The van der Waals surface area contributed by atoms with Gasteiger partial charge in [-0.05, 0) is 12.1 Å². The van der Waals surface area contributed by atoms with E-state index >= 15 is 0 Å². The molecule has 0 saturated heterocycles. The molecule has 1 N–H and O–H groups in total. The van der Waals surface area contributed by atoms with E-state index in [1.807, 2.05) is 0 Å². The fourth-order valence-electron chi connectivity index (χ4n) is 1.29. The molecule has 0 amide bonds. The van der Waals surface area contributed by atoms with Crippen LogP contribution in [-0.4, -0.2) is 39.1 Å². The molecule has 0 aliphatic carbocycles. The molecule has 0 saturated carbocycles. The summed E-state index contributed by atoms with van der Waals surface area (Å²) in [6.07, 6.45) is 0. The molecule has 0 aliphatic heterocycles. The summed E-state index contributed by atoms with van der Waals surface area (Å²) in [4.78, 5) is 0. The third-order valence-corrected chi connectivity index (χ3v) is 4.22. The Kier molecular flexibility index (Phi) is 4.80. The number of nitriles is 1. The van der Waals surface area contributed by atoms with Crippen molar-refractivity contribution in [3.05, 3.63) is 29.3 Å². The SMILES string of the molecule is CN(C)S(=O)(=O)CCNc1c(F)cc(C#N)cc1F. The Hall–Kier alpha value is -1.72. The van der Waals surface area contributed by atoms with Crippen molar-refractivity contribution in [2.75, 3.05) is 31.7 Å². The number of hydrogen-bond donors (Lipinski definition) is 1. The Morgan fingerprint density at radius 1 is 1.32 bits per heavy atom. The molecule has 19 heavy (non-hydrogen) atoms. The largest absolute Gasteiger partial charge is 0.379 e. The average molecular weight is 289 g/mol. The second-order valence-corrected chi connectivity index (χ2v) is 6.25. The molecule has 0 heterocycles. The first-order valence-corrected chi connectivity index (χ1v) is 6.92. The van der Waals surface area contributed by atoms with Crippen LogP contribution in [0.25, 0.3) is 0 Å². The number of benzene rings is 1. The van der Waals surface area contributed by atoms with Crippen LogP contribution in [0.15, 0.2) is 12.1 Å². The zero-order valence-electron chi connectivity index (χ0n) is 10.4. The number of anilines is 1. The Balaban J connectivity index is 2.78. The highest BCUT2D eigenvalue weighted by atomic mass is 32.2. The topological polar surface area (TPSA) is 73.2 Å². The number of hydrogen-bond acceptors (Lipinski definition) is 4. The van der Waals surface area contributed by atoms with Crippen LogP contribution in [0.4, 0.5) is 14.5 Å². The summed E-state index contributed by atoms with van der Waals surface area (Å²) >= 11 is 0. The predicted octanol–water partition coefficient (Wildman–Crippen LogP) is 1.14. The first-order chi connectivity index (χ1) is 8.77. The van der Waals surface area contributed by atoms with Gasteiger partial charge in [-0.15, -0.1) is 0 Å². The maximum Gasteiger partial charge on any atom is 0.215 e. The van der Waals surface area contributed by atoms with Crippen LogP contribution >= 0.6 is 0 Å². The van der Waals surface area contributed by atoms with Gasteiger partial charge in [0.05, 0.1) is 17.4 Å². The molecule has 0 atom stereocenters. The van der Waals surface area contributed by atoms with Crippen LogP contribution < -0.4 is 5.32 Å². The van der Waals surface area contributed by atoms with Crippen LogP contribution in [0.3, 0.4) is 0 Å². The van der Waals surface area contributed by atoms with Gasteiger partial charge in [-0.2, -0.15) is 5.26 Å². The van der Waals surface area contributed by atoms with E-state index in [0.29, 0.717) is 0 Å². The van der Waals surface area contributed by atoms with Gasteiger partial charge in [-0.25, -0.2) is 21.5 Å². The highest BCUT2D eigenvalue weighted by Gasteiger charge is 2.15. The summed E-state index contributed by atoms with van der Waals surface area (Å²) in [5, 5.41) is 10.9. The van der Waals surface area contributed by atoms with Crippen LogP contribution in [0.2, 0.25) is 0 Å². The van der Waals surface area contributed by atoms with E-state index in [-0.39, 0.29) is 17.9 Å². The standard InChI is InChI=1S/C11H13F2N3O2S/c1-16(2)19(17,18)4-3-15-11-9(12)5-8(7-14)6-10(11)13/h5-6,15H,3-4H2,1-2H3. The molecular formula is C11H13F2N3O2S. The van der Waals surface area contributed by atoms with E-state index in [9.17, 15) is 17.2 Å². The average Bonchev–Trinajstić information content (AvgIpc) is 2.32. The van der Waals surface area contributed by atoms with Crippen LogP contribution in [0, 0.1) is 23.0 Å². The van der Waals surface area contributed by atoms with Crippen molar-refractivity contribution in [2.24, 2.45) is 0 Å². The Labute approximate surface area is 110 Å². The molecule has 1 aromatic carbocycles. The molecule has 0 bridgehead atoms. The minimum Gasteiger partial charge on any atom is -0.379 e. The number of rotatable bonds is 5. The summed E-state index contributed by atoms with van der Waals surface area (Å²) in [6, 6.07) is 3.38. The van der Waals surface area contributed by atoms with Gasteiger partial charge < -0.3 is 5.32 Å². The smallest absolute Gasteiger partial charge is 0.215 e. The Bertz CT molecular complexity index is 586. The highest BCUT2D eigenvalue weighted by molar-refractivity contribution is 7.89. The lowest BCUT2D eigenvalue weighted by molar-refractivity contribution is 0.521. The highest BCUT2D eigenvalue weighted by Crippen LogP contribution is 2.20. The van der Waals surface area contributed by atoms with Crippen molar-refractivity contribution in [1.29, 1.82) is 5.26 Å². The van der Waals surface area contributed by atoms with Gasteiger partial charge in [-0.1, -0.05) is 0 Å². The van der Waals surface area contributed by atoms with Crippen molar-refractivity contribution < 1.29 is 17.2 Å². The molecule has 0 radical (unpaired) electrons. The van der Waals surface area contributed by atoms with Gasteiger partial charge in [0.15, 0.2) is 11.6 Å². The molecule has 0 aromatic heterocycles. The first kappa shape index (κ1) is 15.3. The van der Waals surface area contributed by atoms with Crippen molar-refractivity contribution in [3.8, 4) is 6.07 Å². The van der Waals surface area contributed by atoms with E-state index in [4.69, 9.17) is 5.26 Å². The van der Waals surface area contributed by atoms with Crippen molar-refractivity contribution in [2.45, 2.75) is 0 Å². The molecular weight excluding hydrogens is 276 g/mol. The fourth-order valence-corrected chi connectivity index (χ4v) is 2.02. The van der Waals surface area contributed by atoms with Gasteiger partial charge >= 0.3 is 0 Å². The van der Waals surface area contributed by atoms with E-state index in [1.54, 1.807) is 6.07 Å². The molecule has 0 fully saturated rings.